The topological polar surface area (TPSA) is 77.8 Å². The summed E-state index contributed by atoms with van der Waals surface area (Å²) < 4.78 is 0. The summed E-state index contributed by atoms with van der Waals surface area (Å²) in [4.78, 5) is 15.9. The summed E-state index contributed by atoms with van der Waals surface area (Å²) in [5.41, 5.74) is 3.06. The van der Waals surface area contributed by atoms with E-state index in [0.29, 0.717) is 5.56 Å². The molecule has 0 saturated carbocycles. The van der Waals surface area contributed by atoms with Crippen LogP contribution in [0.2, 0.25) is 0 Å². The first kappa shape index (κ1) is 14.5. The lowest BCUT2D eigenvalue weighted by Gasteiger charge is -2.30. The minimum Gasteiger partial charge on any atom is -0.481 e. The van der Waals surface area contributed by atoms with Crippen LogP contribution in [0.4, 0.5) is 5.69 Å². The molecule has 2 aromatic carbocycles. The molecule has 3 atom stereocenters. The number of hydrogen-bond donors (Lipinski definition) is 4. The Morgan fingerprint density at radius 3 is 2.76 bits per heavy atom. The Morgan fingerprint density at radius 2 is 1.92 bits per heavy atom. The fraction of sp³-hybridized carbons (Fsp3) is 0.150. The summed E-state index contributed by atoms with van der Waals surface area (Å²) in [7, 11) is 0. The second-order valence-corrected chi connectivity index (χ2v) is 6.76. The average Bonchev–Trinajstić information content (AvgIpc) is 3.09. The van der Waals surface area contributed by atoms with E-state index in [4.69, 9.17) is 0 Å². The Bertz CT molecular complexity index is 1050. The first-order valence-electron chi connectivity index (χ1n) is 8.29. The third-order valence-corrected chi connectivity index (χ3v) is 5.41. The lowest BCUT2D eigenvalue weighted by atomic mass is 9.83. The van der Waals surface area contributed by atoms with Crippen LogP contribution in [0.3, 0.4) is 0 Å². The van der Waals surface area contributed by atoms with E-state index in [2.05, 4.69) is 11.1 Å². The van der Waals surface area contributed by atoms with E-state index in [0.717, 1.165) is 32.7 Å². The van der Waals surface area contributed by atoms with E-state index in [9.17, 15) is 15.0 Å². The van der Waals surface area contributed by atoms with Gasteiger partial charge in [0, 0.05) is 22.5 Å². The van der Waals surface area contributed by atoms with Crippen molar-refractivity contribution in [2.24, 2.45) is 0 Å². The standard InChI is InChI=1S/C20H16N2O3/c23-17(24)11-20(25)14-6-2-4-8-16(14)22-10-9-13-12-5-1-3-7-15(12)21-18(13)19(20)22/h1-10,19,21,25H,11H2,(H,23,24)/p+1. The Hall–Kier alpha value is -2.89. The molecule has 5 nitrogen and oxygen atoms in total. The first-order chi connectivity index (χ1) is 12.1. The molecule has 25 heavy (non-hydrogen) atoms. The maximum atomic E-state index is 11.5. The molecule has 3 aromatic rings. The van der Waals surface area contributed by atoms with Crippen molar-refractivity contribution in [3.63, 3.8) is 0 Å². The van der Waals surface area contributed by atoms with Crippen LogP contribution in [0.25, 0.3) is 17.0 Å². The predicted octanol–water partition coefficient (Wildman–Crippen LogP) is 2.09. The van der Waals surface area contributed by atoms with E-state index in [1.807, 2.05) is 54.7 Å². The minimum atomic E-state index is -1.46. The molecule has 0 amide bonds. The number of hydrogen-bond acceptors (Lipinski definition) is 2. The lowest BCUT2D eigenvalue weighted by Crippen LogP contribution is -3.03. The van der Waals surface area contributed by atoms with Crippen LogP contribution in [-0.2, 0) is 10.4 Å². The van der Waals surface area contributed by atoms with Crippen molar-refractivity contribution in [1.29, 1.82) is 0 Å². The normalized spacial score (nSPS) is 26.3. The number of carboxylic acids is 1. The van der Waals surface area contributed by atoms with E-state index >= 15 is 0 Å². The third kappa shape index (κ3) is 1.82. The van der Waals surface area contributed by atoms with Gasteiger partial charge in [0.05, 0.1) is 17.7 Å². The van der Waals surface area contributed by atoms with Gasteiger partial charge in [0.1, 0.15) is 11.9 Å². The monoisotopic (exact) mass is 333 g/mol. The van der Waals surface area contributed by atoms with Crippen molar-refractivity contribution in [3.05, 3.63) is 71.6 Å². The van der Waals surface area contributed by atoms with Crippen molar-refractivity contribution < 1.29 is 19.9 Å². The van der Waals surface area contributed by atoms with Crippen LogP contribution in [0.15, 0.2) is 54.7 Å². The summed E-state index contributed by atoms with van der Waals surface area (Å²) in [6, 6.07) is 15.1. The second-order valence-electron chi connectivity index (χ2n) is 6.76. The summed E-state index contributed by atoms with van der Waals surface area (Å²) in [5, 5.41) is 22.1. The number of rotatable bonds is 2. The molecule has 5 rings (SSSR count). The quantitative estimate of drug-likeness (QED) is 0.580. The Labute approximate surface area is 143 Å². The molecule has 0 aliphatic carbocycles. The number of aromatic amines is 1. The minimum absolute atomic E-state index is 0.333. The van der Waals surface area contributed by atoms with Gasteiger partial charge in [-0.15, -0.1) is 0 Å². The van der Waals surface area contributed by atoms with E-state index in [1.54, 1.807) is 0 Å². The number of benzene rings is 2. The molecule has 4 N–H and O–H groups in total. The fourth-order valence-corrected chi connectivity index (χ4v) is 4.45. The smallest absolute Gasteiger partial charge is 0.306 e. The number of carboxylic acid groups (broad SMARTS) is 1. The van der Waals surface area contributed by atoms with Gasteiger partial charge in [-0.2, -0.15) is 0 Å². The van der Waals surface area contributed by atoms with E-state index in [-0.39, 0.29) is 6.42 Å². The first-order valence-corrected chi connectivity index (χ1v) is 8.29. The number of carbonyl (C=O) groups is 1. The Kier molecular flexibility index (Phi) is 2.78. The van der Waals surface area contributed by atoms with E-state index in [1.165, 1.54) is 0 Å². The number of aromatic nitrogens is 1. The van der Waals surface area contributed by atoms with Crippen LogP contribution in [0.1, 0.15) is 29.3 Å². The van der Waals surface area contributed by atoms with Crippen LogP contribution in [-0.4, -0.2) is 21.2 Å². The van der Waals surface area contributed by atoms with Crippen LogP contribution >= 0.6 is 0 Å². The highest BCUT2D eigenvalue weighted by atomic mass is 16.4. The van der Waals surface area contributed by atoms with Gasteiger partial charge in [0.2, 0.25) is 0 Å². The number of fused-ring (bicyclic) bond motifs is 7. The zero-order valence-electron chi connectivity index (χ0n) is 13.4. The van der Waals surface area contributed by atoms with Crippen molar-refractivity contribution in [2.75, 3.05) is 0 Å². The maximum absolute atomic E-state index is 11.5. The summed E-state index contributed by atoms with van der Waals surface area (Å²) in [6.45, 7) is 0. The molecular formula is C20H17N2O3+. The van der Waals surface area contributed by atoms with Crippen molar-refractivity contribution in [3.8, 4) is 0 Å². The molecular weight excluding hydrogens is 316 g/mol. The third-order valence-electron chi connectivity index (χ3n) is 5.41. The zero-order chi connectivity index (χ0) is 17.2. The van der Waals surface area contributed by atoms with Crippen LogP contribution in [0, 0.1) is 0 Å². The molecule has 0 bridgehead atoms. The number of quaternary nitrogens is 1. The molecule has 124 valence electrons. The lowest BCUT2D eigenvalue weighted by molar-refractivity contribution is -0.815. The van der Waals surface area contributed by atoms with Gasteiger partial charge in [-0.3, -0.25) is 9.69 Å². The summed E-state index contributed by atoms with van der Waals surface area (Å²) in [6.07, 6.45) is 3.75. The molecule has 3 unspecified atom stereocenters. The SMILES string of the molecule is O=C(O)CC1(O)c2ccccc2[NH+]2C=Cc3c([nH]c4ccccc34)C21. The summed E-state index contributed by atoms with van der Waals surface area (Å²) in [5.74, 6) is -1.01. The highest BCUT2D eigenvalue weighted by Crippen LogP contribution is 2.47. The maximum Gasteiger partial charge on any atom is 0.306 e. The zero-order valence-corrected chi connectivity index (χ0v) is 13.4. The number of H-pyrrole nitrogens is 1. The number of para-hydroxylation sites is 2. The second kappa shape index (κ2) is 4.81. The van der Waals surface area contributed by atoms with Crippen LogP contribution in [0.5, 0.6) is 0 Å². The predicted molar refractivity (Wildman–Crippen MR) is 93.3 cm³/mol. The van der Waals surface area contributed by atoms with Gasteiger partial charge in [0.15, 0.2) is 11.6 Å². The van der Waals surface area contributed by atoms with Crippen molar-refractivity contribution in [2.45, 2.75) is 18.1 Å². The Balaban J connectivity index is 1.80. The molecule has 1 aromatic heterocycles. The van der Waals surface area contributed by atoms with Gasteiger partial charge in [-0.05, 0) is 18.2 Å². The van der Waals surface area contributed by atoms with Crippen molar-refractivity contribution >= 4 is 28.6 Å². The number of aliphatic carboxylic acids is 1. The van der Waals surface area contributed by atoms with Gasteiger partial charge in [-0.25, -0.2) is 0 Å². The molecule has 0 radical (unpaired) electrons. The fourth-order valence-electron chi connectivity index (χ4n) is 4.45. The highest BCUT2D eigenvalue weighted by molar-refractivity contribution is 5.91. The van der Waals surface area contributed by atoms with Gasteiger partial charge in [0.25, 0.3) is 0 Å². The van der Waals surface area contributed by atoms with Crippen molar-refractivity contribution in [1.82, 2.24) is 4.98 Å². The molecule has 5 heteroatoms. The van der Waals surface area contributed by atoms with Crippen LogP contribution < -0.4 is 4.90 Å². The van der Waals surface area contributed by atoms with Gasteiger partial charge >= 0.3 is 5.97 Å². The molecule has 2 aliphatic heterocycles. The number of aliphatic hydroxyl groups is 1. The summed E-state index contributed by atoms with van der Waals surface area (Å²) >= 11 is 0. The van der Waals surface area contributed by atoms with Gasteiger partial charge in [-0.1, -0.05) is 30.3 Å². The number of nitrogens with one attached hydrogen (secondary N) is 2. The average molecular weight is 333 g/mol. The molecule has 3 heterocycles. The Morgan fingerprint density at radius 1 is 1.16 bits per heavy atom. The largest absolute Gasteiger partial charge is 0.481 e. The molecule has 0 spiro atoms. The van der Waals surface area contributed by atoms with Gasteiger partial charge < -0.3 is 15.2 Å². The molecule has 0 fully saturated rings. The van der Waals surface area contributed by atoms with E-state index < -0.39 is 17.6 Å². The highest BCUT2D eigenvalue weighted by Gasteiger charge is 2.58. The molecule has 0 saturated heterocycles. The molecule has 2 aliphatic rings.